The van der Waals surface area contributed by atoms with E-state index >= 15 is 0 Å². The largest absolute Gasteiger partial charge is 0.344 e. The number of benzene rings is 1. The van der Waals surface area contributed by atoms with Crippen molar-refractivity contribution in [3.05, 3.63) is 51.0 Å². The van der Waals surface area contributed by atoms with Crippen LogP contribution in [-0.2, 0) is 5.54 Å². The van der Waals surface area contributed by atoms with Crippen molar-refractivity contribution in [3.8, 4) is 0 Å². The van der Waals surface area contributed by atoms with Crippen molar-refractivity contribution in [2.24, 2.45) is 0 Å². The van der Waals surface area contributed by atoms with Crippen LogP contribution in [0, 0.1) is 12.7 Å². The smallest absolute Gasteiger partial charge is 0.272 e. The van der Waals surface area contributed by atoms with Gasteiger partial charge in [-0.1, -0.05) is 23.2 Å². The molecule has 0 saturated heterocycles. The fourth-order valence-corrected chi connectivity index (χ4v) is 3.03. The molecule has 4 nitrogen and oxygen atoms in total. The summed E-state index contributed by atoms with van der Waals surface area (Å²) in [7, 11) is 0. The molecule has 24 heavy (non-hydrogen) atoms. The van der Waals surface area contributed by atoms with Gasteiger partial charge in [-0.3, -0.25) is 9.48 Å². The summed E-state index contributed by atoms with van der Waals surface area (Å²) < 4.78 is 15.4. The molecule has 0 fully saturated rings. The summed E-state index contributed by atoms with van der Waals surface area (Å²) >= 11 is 11.8. The van der Waals surface area contributed by atoms with Crippen LogP contribution in [0.15, 0.2) is 18.2 Å². The second-order valence-corrected chi connectivity index (χ2v) is 7.55. The number of carbonyl (C=O) groups excluding carboxylic acids is 1. The zero-order valence-corrected chi connectivity index (χ0v) is 15.8. The van der Waals surface area contributed by atoms with Gasteiger partial charge in [0, 0.05) is 10.7 Å². The van der Waals surface area contributed by atoms with Crippen LogP contribution in [-0.4, -0.2) is 15.7 Å². The topological polar surface area (TPSA) is 46.9 Å². The Morgan fingerprint density at radius 1 is 1.25 bits per heavy atom. The van der Waals surface area contributed by atoms with Crippen molar-refractivity contribution in [2.75, 3.05) is 0 Å². The Labute approximate surface area is 150 Å². The Morgan fingerprint density at radius 2 is 1.88 bits per heavy atom. The standard InChI is InChI=1S/C17H20Cl2FN3O/c1-9-6-15(22-23(9)17(3,4)5)16(24)21-10(2)11-7-14(20)13(19)8-12(11)18/h6-8,10H,1-5H3,(H,21,24). The van der Waals surface area contributed by atoms with Gasteiger partial charge in [0.05, 0.1) is 16.6 Å². The summed E-state index contributed by atoms with van der Waals surface area (Å²) in [6, 6.07) is 3.79. The van der Waals surface area contributed by atoms with E-state index in [4.69, 9.17) is 23.2 Å². The molecule has 0 radical (unpaired) electrons. The molecule has 1 heterocycles. The summed E-state index contributed by atoms with van der Waals surface area (Å²) in [6.07, 6.45) is 0. The van der Waals surface area contributed by atoms with Crippen molar-refractivity contribution in [1.29, 1.82) is 0 Å². The number of nitrogens with zero attached hydrogens (tertiary/aromatic N) is 2. The lowest BCUT2D eigenvalue weighted by Crippen LogP contribution is -2.29. The first-order valence-electron chi connectivity index (χ1n) is 7.53. The number of aryl methyl sites for hydroxylation is 1. The van der Waals surface area contributed by atoms with Crippen LogP contribution in [0.1, 0.15) is 55.5 Å². The van der Waals surface area contributed by atoms with Crippen LogP contribution in [0.4, 0.5) is 4.39 Å². The predicted molar refractivity (Wildman–Crippen MR) is 94.3 cm³/mol. The lowest BCUT2D eigenvalue weighted by molar-refractivity contribution is 0.0933. The van der Waals surface area contributed by atoms with Gasteiger partial charge < -0.3 is 5.32 Å². The van der Waals surface area contributed by atoms with E-state index in [9.17, 15) is 9.18 Å². The van der Waals surface area contributed by atoms with Crippen LogP contribution in [0.25, 0.3) is 0 Å². The van der Waals surface area contributed by atoms with Crippen molar-refractivity contribution in [1.82, 2.24) is 15.1 Å². The average molecular weight is 372 g/mol. The van der Waals surface area contributed by atoms with Crippen LogP contribution >= 0.6 is 23.2 Å². The van der Waals surface area contributed by atoms with E-state index in [0.29, 0.717) is 16.3 Å². The summed E-state index contributed by atoms with van der Waals surface area (Å²) in [6.45, 7) is 9.64. The van der Waals surface area contributed by atoms with E-state index in [1.54, 1.807) is 17.7 Å². The molecule has 1 N–H and O–H groups in total. The number of hydrogen-bond donors (Lipinski definition) is 1. The van der Waals surface area contributed by atoms with Gasteiger partial charge >= 0.3 is 0 Å². The molecule has 0 spiro atoms. The maximum Gasteiger partial charge on any atom is 0.272 e. The number of aromatic nitrogens is 2. The fraction of sp³-hybridized carbons (Fsp3) is 0.412. The molecule has 0 bridgehead atoms. The molecule has 2 rings (SSSR count). The van der Waals surface area contributed by atoms with Gasteiger partial charge in [0.1, 0.15) is 11.5 Å². The monoisotopic (exact) mass is 371 g/mol. The van der Waals surface area contributed by atoms with Crippen LogP contribution in [0.3, 0.4) is 0 Å². The highest BCUT2D eigenvalue weighted by atomic mass is 35.5. The average Bonchev–Trinajstić information content (AvgIpc) is 2.85. The quantitative estimate of drug-likeness (QED) is 0.781. The summed E-state index contributed by atoms with van der Waals surface area (Å²) in [4.78, 5) is 12.4. The molecular formula is C17H20Cl2FN3O. The Kier molecular flexibility index (Phi) is 5.25. The number of hydrogen-bond acceptors (Lipinski definition) is 2. The van der Waals surface area contributed by atoms with Gasteiger partial charge in [-0.05, 0) is 58.4 Å². The first-order chi connectivity index (χ1) is 11.0. The Balaban J connectivity index is 2.22. The molecule has 7 heteroatoms. The van der Waals surface area contributed by atoms with E-state index < -0.39 is 11.9 Å². The molecule has 0 saturated carbocycles. The maximum atomic E-state index is 13.6. The van der Waals surface area contributed by atoms with Gasteiger partial charge in [-0.2, -0.15) is 5.10 Å². The minimum absolute atomic E-state index is 0.0539. The van der Waals surface area contributed by atoms with E-state index in [2.05, 4.69) is 10.4 Å². The minimum atomic E-state index is -0.579. The Morgan fingerprint density at radius 3 is 2.42 bits per heavy atom. The van der Waals surface area contributed by atoms with Gasteiger partial charge in [-0.15, -0.1) is 0 Å². The molecule has 1 amide bonds. The van der Waals surface area contributed by atoms with Crippen molar-refractivity contribution >= 4 is 29.1 Å². The molecule has 0 aliphatic heterocycles. The molecule has 0 aliphatic rings. The molecule has 130 valence electrons. The normalized spacial score (nSPS) is 13.0. The Hall–Kier alpha value is -1.59. The van der Waals surface area contributed by atoms with Gasteiger partial charge in [0.2, 0.25) is 0 Å². The zero-order valence-electron chi connectivity index (χ0n) is 14.2. The first kappa shape index (κ1) is 18.7. The predicted octanol–water partition coefficient (Wildman–Crippen LogP) is 4.88. The number of rotatable bonds is 3. The third-order valence-electron chi connectivity index (χ3n) is 3.61. The number of nitrogens with one attached hydrogen (secondary N) is 1. The molecule has 1 aromatic carbocycles. The molecule has 1 aromatic heterocycles. The highest BCUT2D eigenvalue weighted by Gasteiger charge is 2.22. The first-order valence-corrected chi connectivity index (χ1v) is 8.28. The fourth-order valence-electron chi connectivity index (χ4n) is 2.48. The van der Waals surface area contributed by atoms with Crippen LogP contribution in [0.2, 0.25) is 10.0 Å². The van der Waals surface area contributed by atoms with E-state index in [1.807, 2.05) is 27.7 Å². The molecule has 1 atom stereocenters. The van der Waals surface area contributed by atoms with Crippen LogP contribution < -0.4 is 5.32 Å². The number of halogens is 3. The molecule has 1 unspecified atom stereocenters. The lowest BCUT2D eigenvalue weighted by atomic mass is 10.1. The van der Waals surface area contributed by atoms with E-state index in [0.717, 1.165) is 5.69 Å². The van der Waals surface area contributed by atoms with Crippen molar-refractivity contribution < 1.29 is 9.18 Å². The van der Waals surface area contributed by atoms with Gasteiger partial charge in [0.15, 0.2) is 0 Å². The summed E-state index contributed by atoms with van der Waals surface area (Å²) in [5.74, 6) is -0.926. The van der Waals surface area contributed by atoms with E-state index in [1.165, 1.54) is 12.1 Å². The minimum Gasteiger partial charge on any atom is -0.344 e. The number of amides is 1. The van der Waals surface area contributed by atoms with Crippen LogP contribution in [0.5, 0.6) is 0 Å². The summed E-state index contributed by atoms with van der Waals surface area (Å²) in [5.41, 5.74) is 1.42. The maximum absolute atomic E-state index is 13.6. The Bertz CT molecular complexity index is 781. The second kappa shape index (κ2) is 6.73. The van der Waals surface area contributed by atoms with Crippen molar-refractivity contribution in [3.63, 3.8) is 0 Å². The third kappa shape index (κ3) is 3.90. The number of carbonyl (C=O) groups is 1. The highest BCUT2D eigenvalue weighted by Crippen LogP contribution is 2.28. The van der Waals surface area contributed by atoms with Gasteiger partial charge in [-0.25, -0.2) is 4.39 Å². The van der Waals surface area contributed by atoms with E-state index in [-0.39, 0.29) is 16.5 Å². The van der Waals surface area contributed by atoms with Crippen molar-refractivity contribution in [2.45, 2.75) is 46.2 Å². The highest BCUT2D eigenvalue weighted by molar-refractivity contribution is 6.35. The molecule has 2 aromatic rings. The molecular weight excluding hydrogens is 352 g/mol. The SMILES string of the molecule is Cc1cc(C(=O)NC(C)c2cc(F)c(Cl)cc2Cl)nn1C(C)(C)C. The lowest BCUT2D eigenvalue weighted by Gasteiger charge is -2.21. The summed E-state index contributed by atoms with van der Waals surface area (Å²) in [5, 5.41) is 7.38. The van der Waals surface area contributed by atoms with Gasteiger partial charge in [0.25, 0.3) is 5.91 Å². The third-order valence-corrected chi connectivity index (χ3v) is 4.23. The second-order valence-electron chi connectivity index (χ2n) is 6.74. The zero-order chi connectivity index (χ0) is 18.2. The molecule has 0 aliphatic carbocycles.